The van der Waals surface area contributed by atoms with Gasteiger partial charge in [0.2, 0.25) is 5.91 Å². The predicted octanol–water partition coefficient (Wildman–Crippen LogP) is 1.81. The number of nitrogens with one attached hydrogen (secondary N) is 1. The van der Waals surface area contributed by atoms with Crippen molar-refractivity contribution in [1.29, 1.82) is 0 Å². The van der Waals surface area contributed by atoms with Crippen molar-refractivity contribution in [1.82, 2.24) is 10.2 Å². The van der Waals surface area contributed by atoms with E-state index in [0.717, 1.165) is 6.42 Å². The first-order chi connectivity index (χ1) is 9.06. The van der Waals surface area contributed by atoms with Gasteiger partial charge in [0.25, 0.3) is 5.91 Å². The smallest absolute Gasteiger partial charge is 0.254 e. The Hall–Kier alpha value is -1.91. The summed E-state index contributed by atoms with van der Waals surface area (Å²) in [5.41, 5.74) is 0.0207. The highest BCUT2D eigenvalue weighted by Gasteiger charge is 2.11. The molecule has 2 amide bonds. The monoisotopic (exact) mass is 266 g/mol. The molecule has 104 valence electrons. The molecule has 4 nitrogen and oxygen atoms in total. The number of rotatable bonds is 6. The SMILES string of the molecule is CCCN(CCNC(=O)c1ccccc1F)C(C)=O. The van der Waals surface area contributed by atoms with Crippen molar-refractivity contribution in [2.24, 2.45) is 0 Å². The van der Waals surface area contributed by atoms with Crippen molar-refractivity contribution in [2.75, 3.05) is 19.6 Å². The molecule has 0 radical (unpaired) electrons. The van der Waals surface area contributed by atoms with Crippen LogP contribution in [0.3, 0.4) is 0 Å². The molecule has 0 bridgehead atoms. The molecule has 1 aromatic carbocycles. The Balaban J connectivity index is 2.47. The number of amides is 2. The largest absolute Gasteiger partial charge is 0.350 e. The van der Waals surface area contributed by atoms with E-state index in [1.807, 2.05) is 6.92 Å². The molecule has 0 heterocycles. The summed E-state index contributed by atoms with van der Waals surface area (Å²) in [5, 5.41) is 2.61. The Kier molecular flexibility index (Phi) is 5.99. The molecule has 0 aliphatic rings. The maximum Gasteiger partial charge on any atom is 0.254 e. The van der Waals surface area contributed by atoms with Crippen molar-refractivity contribution in [3.05, 3.63) is 35.6 Å². The summed E-state index contributed by atoms with van der Waals surface area (Å²) in [6.45, 7) is 4.88. The summed E-state index contributed by atoms with van der Waals surface area (Å²) in [5.74, 6) is -1.03. The van der Waals surface area contributed by atoms with Crippen molar-refractivity contribution in [3.63, 3.8) is 0 Å². The van der Waals surface area contributed by atoms with Crippen LogP contribution in [0.25, 0.3) is 0 Å². The van der Waals surface area contributed by atoms with Crippen LogP contribution >= 0.6 is 0 Å². The van der Waals surface area contributed by atoms with E-state index < -0.39 is 11.7 Å². The second-order valence-corrected chi connectivity index (χ2v) is 4.24. The molecule has 0 fully saturated rings. The highest BCUT2D eigenvalue weighted by molar-refractivity contribution is 5.94. The van der Waals surface area contributed by atoms with E-state index in [2.05, 4.69) is 5.32 Å². The number of nitrogens with zero attached hydrogens (tertiary/aromatic N) is 1. The van der Waals surface area contributed by atoms with Crippen LogP contribution in [-0.2, 0) is 4.79 Å². The zero-order valence-corrected chi connectivity index (χ0v) is 11.3. The van der Waals surface area contributed by atoms with Crippen LogP contribution in [0, 0.1) is 5.82 Å². The van der Waals surface area contributed by atoms with Gasteiger partial charge in [-0.2, -0.15) is 0 Å². The van der Waals surface area contributed by atoms with Crippen molar-refractivity contribution in [3.8, 4) is 0 Å². The molecule has 1 rings (SSSR count). The van der Waals surface area contributed by atoms with Gasteiger partial charge in [0.05, 0.1) is 5.56 Å². The second-order valence-electron chi connectivity index (χ2n) is 4.24. The lowest BCUT2D eigenvalue weighted by molar-refractivity contribution is -0.128. The molecular weight excluding hydrogens is 247 g/mol. The van der Waals surface area contributed by atoms with Crippen molar-refractivity contribution >= 4 is 11.8 Å². The lowest BCUT2D eigenvalue weighted by atomic mass is 10.2. The molecule has 19 heavy (non-hydrogen) atoms. The van der Waals surface area contributed by atoms with Crippen molar-refractivity contribution in [2.45, 2.75) is 20.3 Å². The van der Waals surface area contributed by atoms with Crippen LogP contribution in [0.1, 0.15) is 30.6 Å². The minimum Gasteiger partial charge on any atom is -0.350 e. The quantitative estimate of drug-likeness (QED) is 0.853. The third kappa shape index (κ3) is 4.69. The fourth-order valence-corrected chi connectivity index (χ4v) is 1.74. The fourth-order valence-electron chi connectivity index (χ4n) is 1.74. The molecule has 0 aliphatic carbocycles. The first-order valence-electron chi connectivity index (χ1n) is 6.34. The molecule has 5 heteroatoms. The van der Waals surface area contributed by atoms with Gasteiger partial charge in [-0.25, -0.2) is 4.39 Å². The number of benzene rings is 1. The normalized spacial score (nSPS) is 10.1. The number of carbonyl (C=O) groups is 2. The van der Waals surface area contributed by atoms with Gasteiger partial charge in [-0.3, -0.25) is 9.59 Å². The van der Waals surface area contributed by atoms with Gasteiger partial charge < -0.3 is 10.2 Å². The Morgan fingerprint density at radius 3 is 2.53 bits per heavy atom. The van der Waals surface area contributed by atoms with Crippen LogP contribution in [0.2, 0.25) is 0 Å². The standard InChI is InChI=1S/C14H19FN2O2/c1-3-9-17(11(2)18)10-8-16-14(19)12-6-4-5-7-13(12)15/h4-7H,3,8-10H2,1-2H3,(H,16,19). The number of halogens is 1. The molecule has 0 unspecified atom stereocenters. The Labute approximate surface area is 112 Å². The van der Waals surface area contributed by atoms with E-state index in [1.165, 1.54) is 25.1 Å². The van der Waals surface area contributed by atoms with Crippen LogP contribution in [0.5, 0.6) is 0 Å². The molecule has 1 N–H and O–H groups in total. The van der Waals surface area contributed by atoms with Gasteiger partial charge in [0.15, 0.2) is 0 Å². The summed E-state index contributed by atoms with van der Waals surface area (Å²) in [6.07, 6.45) is 0.862. The highest BCUT2D eigenvalue weighted by atomic mass is 19.1. The number of carbonyl (C=O) groups excluding carboxylic acids is 2. The third-order valence-corrected chi connectivity index (χ3v) is 2.72. The van der Waals surface area contributed by atoms with Crippen LogP contribution in [0.15, 0.2) is 24.3 Å². The topological polar surface area (TPSA) is 49.4 Å². The van der Waals surface area contributed by atoms with E-state index in [-0.39, 0.29) is 11.5 Å². The van der Waals surface area contributed by atoms with E-state index in [0.29, 0.717) is 19.6 Å². The number of hydrogen-bond donors (Lipinski definition) is 1. The van der Waals surface area contributed by atoms with Crippen LogP contribution < -0.4 is 5.32 Å². The second kappa shape index (κ2) is 7.51. The van der Waals surface area contributed by atoms with Gasteiger partial charge in [-0.1, -0.05) is 19.1 Å². The highest BCUT2D eigenvalue weighted by Crippen LogP contribution is 2.05. The lowest BCUT2D eigenvalue weighted by Crippen LogP contribution is -2.38. The summed E-state index contributed by atoms with van der Waals surface area (Å²) in [6, 6.07) is 5.81. The zero-order chi connectivity index (χ0) is 14.3. The first-order valence-corrected chi connectivity index (χ1v) is 6.34. The van der Waals surface area contributed by atoms with Gasteiger partial charge in [-0.05, 0) is 18.6 Å². The molecule has 0 spiro atoms. The zero-order valence-electron chi connectivity index (χ0n) is 11.3. The Bertz CT molecular complexity index is 449. The van der Waals surface area contributed by atoms with Crippen molar-refractivity contribution < 1.29 is 14.0 Å². The first kappa shape index (κ1) is 15.1. The van der Waals surface area contributed by atoms with E-state index >= 15 is 0 Å². The van der Waals surface area contributed by atoms with Gasteiger partial charge in [-0.15, -0.1) is 0 Å². The van der Waals surface area contributed by atoms with Crippen LogP contribution in [0.4, 0.5) is 4.39 Å². The average Bonchev–Trinajstić information content (AvgIpc) is 2.37. The summed E-state index contributed by atoms with van der Waals surface area (Å²) in [7, 11) is 0. The molecule has 0 aromatic heterocycles. The maximum atomic E-state index is 13.3. The summed E-state index contributed by atoms with van der Waals surface area (Å²) in [4.78, 5) is 24.7. The predicted molar refractivity (Wildman–Crippen MR) is 71.3 cm³/mol. The minimum atomic E-state index is -0.544. The van der Waals surface area contributed by atoms with Gasteiger partial charge >= 0.3 is 0 Å². The van der Waals surface area contributed by atoms with Crippen LogP contribution in [-0.4, -0.2) is 36.3 Å². The summed E-state index contributed by atoms with van der Waals surface area (Å²) >= 11 is 0. The Morgan fingerprint density at radius 1 is 1.26 bits per heavy atom. The van der Waals surface area contributed by atoms with E-state index in [1.54, 1.807) is 11.0 Å². The molecule has 0 atom stereocenters. The number of hydrogen-bond acceptors (Lipinski definition) is 2. The fraction of sp³-hybridized carbons (Fsp3) is 0.429. The molecular formula is C14H19FN2O2. The van der Waals surface area contributed by atoms with E-state index in [9.17, 15) is 14.0 Å². The van der Waals surface area contributed by atoms with Gasteiger partial charge in [0, 0.05) is 26.6 Å². The maximum absolute atomic E-state index is 13.3. The Morgan fingerprint density at radius 2 is 1.95 bits per heavy atom. The average molecular weight is 266 g/mol. The van der Waals surface area contributed by atoms with E-state index in [4.69, 9.17) is 0 Å². The lowest BCUT2D eigenvalue weighted by Gasteiger charge is -2.20. The third-order valence-electron chi connectivity index (χ3n) is 2.72. The molecule has 0 aliphatic heterocycles. The van der Waals surface area contributed by atoms with Gasteiger partial charge in [0.1, 0.15) is 5.82 Å². The molecule has 0 saturated heterocycles. The minimum absolute atomic E-state index is 0.0207. The summed E-state index contributed by atoms with van der Waals surface area (Å²) < 4.78 is 13.3. The molecule has 1 aromatic rings. The molecule has 0 saturated carbocycles.